The van der Waals surface area contributed by atoms with E-state index >= 15 is 0 Å². The van der Waals surface area contributed by atoms with Crippen LogP contribution >= 0.6 is 0 Å². The Bertz CT molecular complexity index is 244. The van der Waals surface area contributed by atoms with Gasteiger partial charge >= 0.3 is 0 Å². The van der Waals surface area contributed by atoms with Gasteiger partial charge in [-0.25, -0.2) is 0 Å². The first kappa shape index (κ1) is 14.3. The first-order chi connectivity index (χ1) is 8.63. The Morgan fingerprint density at radius 3 is 2.50 bits per heavy atom. The van der Waals surface area contributed by atoms with Gasteiger partial charge in [-0.3, -0.25) is 4.90 Å². The van der Waals surface area contributed by atoms with Crippen LogP contribution in [0.2, 0.25) is 0 Å². The van der Waals surface area contributed by atoms with E-state index < -0.39 is 0 Å². The third-order valence-corrected chi connectivity index (χ3v) is 4.75. The van der Waals surface area contributed by atoms with Crippen LogP contribution in [0.1, 0.15) is 40.0 Å². The topological polar surface area (TPSA) is 18.5 Å². The summed E-state index contributed by atoms with van der Waals surface area (Å²) in [5.74, 6) is 0. The molecule has 0 radical (unpaired) electrons. The molecule has 2 aliphatic heterocycles. The molecule has 2 saturated heterocycles. The van der Waals surface area contributed by atoms with Crippen molar-refractivity contribution in [3.05, 3.63) is 0 Å². The lowest BCUT2D eigenvalue weighted by Crippen LogP contribution is -2.59. The molecule has 0 bridgehead atoms. The summed E-state index contributed by atoms with van der Waals surface area (Å²) in [6, 6.07) is 0.784. The maximum Gasteiger partial charge on any atom is 0.0172 e. The van der Waals surface area contributed by atoms with E-state index in [1.54, 1.807) is 0 Å². The van der Waals surface area contributed by atoms with Gasteiger partial charge in [0.15, 0.2) is 0 Å². The molecule has 0 aromatic carbocycles. The van der Waals surface area contributed by atoms with Crippen molar-refractivity contribution in [3.63, 3.8) is 0 Å². The molecule has 0 aliphatic carbocycles. The van der Waals surface area contributed by atoms with Crippen molar-refractivity contribution < 1.29 is 0 Å². The van der Waals surface area contributed by atoms with Crippen LogP contribution in [0.3, 0.4) is 0 Å². The molecule has 1 atom stereocenters. The van der Waals surface area contributed by atoms with E-state index in [1.807, 2.05) is 0 Å². The highest BCUT2D eigenvalue weighted by Crippen LogP contribution is 2.30. The van der Waals surface area contributed by atoms with Gasteiger partial charge in [0.05, 0.1) is 0 Å². The highest BCUT2D eigenvalue weighted by molar-refractivity contribution is 4.93. The Labute approximate surface area is 113 Å². The third kappa shape index (κ3) is 3.46. The maximum absolute atomic E-state index is 3.54. The lowest BCUT2D eigenvalue weighted by Gasteiger charge is -2.48. The molecule has 2 rings (SSSR count). The van der Waals surface area contributed by atoms with Crippen LogP contribution in [0.5, 0.6) is 0 Å². The Morgan fingerprint density at radius 1 is 1.17 bits per heavy atom. The van der Waals surface area contributed by atoms with Crippen LogP contribution in [0.4, 0.5) is 0 Å². The summed E-state index contributed by atoms with van der Waals surface area (Å²) in [6.07, 6.45) is 4.00. The minimum Gasteiger partial charge on any atom is -0.316 e. The number of hydrogen-bond donors (Lipinski definition) is 1. The van der Waals surface area contributed by atoms with E-state index in [0.717, 1.165) is 6.04 Å². The van der Waals surface area contributed by atoms with Crippen molar-refractivity contribution in [2.75, 3.05) is 45.8 Å². The number of nitrogens with one attached hydrogen (secondary N) is 1. The molecule has 0 aromatic rings. The fourth-order valence-electron chi connectivity index (χ4n) is 3.52. The molecule has 106 valence electrons. The first-order valence-corrected chi connectivity index (χ1v) is 7.80. The van der Waals surface area contributed by atoms with Gasteiger partial charge < -0.3 is 10.2 Å². The van der Waals surface area contributed by atoms with Crippen molar-refractivity contribution in [1.29, 1.82) is 0 Å². The Hall–Kier alpha value is -0.120. The molecule has 0 saturated carbocycles. The molecule has 1 N–H and O–H groups in total. The van der Waals surface area contributed by atoms with Crippen molar-refractivity contribution in [3.8, 4) is 0 Å². The van der Waals surface area contributed by atoms with Crippen LogP contribution in [-0.4, -0.2) is 61.7 Å². The average Bonchev–Trinajstić information content (AvgIpc) is 2.37. The summed E-state index contributed by atoms with van der Waals surface area (Å²) < 4.78 is 0. The van der Waals surface area contributed by atoms with Gasteiger partial charge in [0.1, 0.15) is 0 Å². The summed E-state index contributed by atoms with van der Waals surface area (Å²) in [4.78, 5) is 5.40. The number of rotatable bonds is 4. The van der Waals surface area contributed by atoms with Gasteiger partial charge in [-0.15, -0.1) is 0 Å². The zero-order chi connectivity index (χ0) is 13.0. The second-order valence-corrected chi connectivity index (χ2v) is 6.70. The SMILES string of the molecule is CCCCN1CCN(C2CCNCC2(C)C)CC1. The fourth-order valence-corrected chi connectivity index (χ4v) is 3.52. The quantitative estimate of drug-likeness (QED) is 0.824. The number of hydrogen-bond acceptors (Lipinski definition) is 3. The van der Waals surface area contributed by atoms with E-state index in [-0.39, 0.29) is 0 Å². The predicted octanol–water partition coefficient (Wildman–Crippen LogP) is 1.79. The molecule has 3 nitrogen and oxygen atoms in total. The second kappa shape index (κ2) is 6.36. The molecular formula is C15H31N3. The molecule has 0 aromatic heterocycles. The Kier molecular flexibility index (Phi) is 5.05. The molecule has 2 heterocycles. The number of piperazine rings is 1. The molecule has 3 heteroatoms. The van der Waals surface area contributed by atoms with E-state index in [0.29, 0.717) is 5.41 Å². The molecule has 2 aliphatic rings. The van der Waals surface area contributed by atoms with E-state index in [4.69, 9.17) is 0 Å². The van der Waals surface area contributed by atoms with Crippen LogP contribution in [0.25, 0.3) is 0 Å². The standard InChI is InChI=1S/C15H31N3/c1-4-5-8-17-9-11-18(12-10-17)14-6-7-16-13-15(14,2)3/h14,16H,4-13H2,1-3H3. The average molecular weight is 253 g/mol. The minimum atomic E-state index is 0.434. The molecule has 1 unspecified atom stereocenters. The predicted molar refractivity (Wildman–Crippen MR) is 78.0 cm³/mol. The Morgan fingerprint density at radius 2 is 1.89 bits per heavy atom. The Balaban J connectivity index is 1.81. The summed E-state index contributed by atoms with van der Waals surface area (Å²) >= 11 is 0. The van der Waals surface area contributed by atoms with Crippen LogP contribution in [-0.2, 0) is 0 Å². The summed E-state index contributed by atoms with van der Waals surface area (Å²) in [6.45, 7) is 15.9. The van der Waals surface area contributed by atoms with Crippen LogP contribution in [0, 0.1) is 5.41 Å². The van der Waals surface area contributed by atoms with Crippen LogP contribution < -0.4 is 5.32 Å². The zero-order valence-corrected chi connectivity index (χ0v) is 12.5. The van der Waals surface area contributed by atoms with Gasteiger partial charge in [-0.1, -0.05) is 27.2 Å². The maximum atomic E-state index is 3.54. The largest absolute Gasteiger partial charge is 0.316 e. The number of piperidine rings is 1. The van der Waals surface area contributed by atoms with Crippen molar-refractivity contribution in [2.24, 2.45) is 5.41 Å². The molecule has 2 fully saturated rings. The van der Waals surface area contributed by atoms with Crippen molar-refractivity contribution in [1.82, 2.24) is 15.1 Å². The van der Waals surface area contributed by atoms with Gasteiger partial charge in [-0.05, 0) is 31.3 Å². The lowest BCUT2D eigenvalue weighted by atomic mass is 9.79. The summed E-state index contributed by atoms with van der Waals surface area (Å²) in [7, 11) is 0. The van der Waals surface area contributed by atoms with Gasteiger partial charge in [-0.2, -0.15) is 0 Å². The minimum absolute atomic E-state index is 0.434. The van der Waals surface area contributed by atoms with Crippen molar-refractivity contribution in [2.45, 2.75) is 46.1 Å². The van der Waals surface area contributed by atoms with Gasteiger partial charge in [0, 0.05) is 38.8 Å². The molecule has 0 spiro atoms. The van der Waals surface area contributed by atoms with Crippen molar-refractivity contribution >= 4 is 0 Å². The monoisotopic (exact) mass is 253 g/mol. The number of unbranched alkanes of at least 4 members (excludes halogenated alkanes) is 1. The van der Waals surface area contributed by atoms with Gasteiger partial charge in [0.2, 0.25) is 0 Å². The van der Waals surface area contributed by atoms with E-state index in [1.165, 1.54) is 65.1 Å². The third-order valence-electron chi connectivity index (χ3n) is 4.75. The highest BCUT2D eigenvalue weighted by Gasteiger charge is 2.37. The van der Waals surface area contributed by atoms with Crippen LogP contribution in [0.15, 0.2) is 0 Å². The van der Waals surface area contributed by atoms with E-state index in [2.05, 4.69) is 35.9 Å². The lowest BCUT2D eigenvalue weighted by molar-refractivity contribution is 0.0208. The number of nitrogens with zero attached hydrogens (tertiary/aromatic N) is 2. The normalized spacial score (nSPS) is 30.5. The van der Waals surface area contributed by atoms with Gasteiger partial charge in [0.25, 0.3) is 0 Å². The molecule has 0 amide bonds. The first-order valence-electron chi connectivity index (χ1n) is 7.80. The summed E-state index contributed by atoms with van der Waals surface area (Å²) in [5, 5.41) is 3.54. The zero-order valence-electron chi connectivity index (χ0n) is 12.5. The summed E-state index contributed by atoms with van der Waals surface area (Å²) in [5.41, 5.74) is 0.434. The smallest absolute Gasteiger partial charge is 0.0172 e. The highest BCUT2D eigenvalue weighted by atomic mass is 15.3. The second-order valence-electron chi connectivity index (χ2n) is 6.70. The fraction of sp³-hybridized carbons (Fsp3) is 1.00. The van der Waals surface area contributed by atoms with E-state index in [9.17, 15) is 0 Å². The molecule has 18 heavy (non-hydrogen) atoms. The molecular weight excluding hydrogens is 222 g/mol.